The number of ether oxygens (including phenoxy) is 1. The number of hydrogen-bond donors (Lipinski definition) is 2. The Kier molecular flexibility index (Phi) is 5.70. The van der Waals surface area contributed by atoms with Crippen LogP contribution < -0.4 is 5.32 Å². The van der Waals surface area contributed by atoms with Crippen molar-refractivity contribution in [2.75, 3.05) is 0 Å². The summed E-state index contributed by atoms with van der Waals surface area (Å²) in [6.07, 6.45) is -0.118. The smallest absolute Gasteiger partial charge is 0.407 e. The second-order valence-corrected chi connectivity index (χ2v) is 4.04. The van der Waals surface area contributed by atoms with Crippen molar-refractivity contribution < 1.29 is 19.4 Å². The summed E-state index contributed by atoms with van der Waals surface area (Å²) in [6.45, 7) is 1.95. The van der Waals surface area contributed by atoms with Crippen LogP contribution in [0.15, 0.2) is 30.3 Å². The van der Waals surface area contributed by atoms with Gasteiger partial charge in [-0.2, -0.15) is 0 Å². The van der Waals surface area contributed by atoms with Gasteiger partial charge in [-0.15, -0.1) is 0 Å². The Balaban J connectivity index is 2.23. The first-order chi connectivity index (χ1) is 8.58. The van der Waals surface area contributed by atoms with Crippen LogP contribution in [0.5, 0.6) is 0 Å². The zero-order valence-electron chi connectivity index (χ0n) is 10.3. The van der Waals surface area contributed by atoms with E-state index in [1.165, 1.54) is 0 Å². The van der Waals surface area contributed by atoms with E-state index in [1.807, 2.05) is 30.3 Å². The molecule has 0 bridgehead atoms. The van der Waals surface area contributed by atoms with Crippen LogP contribution in [-0.4, -0.2) is 23.2 Å². The van der Waals surface area contributed by atoms with Crippen molar-refractivity contribution in [3.05, 3.63) is 35.9 Å². The van der Waals surface area contributed by atoms with Gasteiger partial charge in [0.2, 0.25) is 0 Å². The van der Waals surface area contributed by atoms with Crippen LogP contribution >= 0.6 is 0 Å². The molecule has 2 N–H and O–H groups in total. The topological polar surface area (TPSA) is 75.6 Å². The van der Waals surface area contributed by atoms with E-state index in [2.05, 4.69) is 5.32 Å². The molecule has 0 aliphatic heterocycles. The quantitative estimate of drug-likeness (QED) is 0.812. The fourth-order valence-electron chi connectivity index (χ4n) is 1.38. The molecule has 0 aliphatic rings. The number of benzene rings is 1. The minimum Gasteiger partial charge on any atom is -0.481 e. The Bertz CT molecular complexity index is 391. The van der Waals surface area contributed by atoms with Crippen LogP contribution in [0.25, 0.3) is 0 Å². The molecule has 0 fully saturated rings. The molecule has 5 heteroatoms. The van der Waals surface area contributed by atoms with Crippen LogP contribution in [0.3, 0.4) is 0 Å². The molecule has 98 valence electrons. The number of carbonyl (C=O) groups is 2. The van der Waals surface area contributed by atoms with Gasteiger partial charge in [-0.05, 0) is 18.9 Å². The second-order valence-electron chi connectivity index (χ2n) is 4.04. The first-order valence-corrected chi connectivity index (χ1v) is 5.77. The minimum absolute atomic E-state index is 0.0279. The number of carboxylic acid groups (broad SMARTS) is 1. The Morgan fingerprint density at radius 1 is 1.33 bits per heavy atom. The van der Waals surface area contributed by atoms with Crippen LogP contribution in [0.2, 0.25) is 0 Å². The van der Waals surface area contributed by atoms with Crippen LogP contribution in [0.4, 0.5) is 4.79 Å². The van der Waals surface area contributed by atoms with Crippen molar-refractivity contribution in [2.24, 2.45) is 0 Å². The molecule has 0 aromatic heterocycles. The third-order valence-electron chi connectivity index (χ3n) is 2.37. The molecule has 1 rings (SSSR count). The summed E-state index contributed by atoms with van der Waals surface area (Å²) < 4.78 is 5.01. The van der Waals surface area contributed by atoms with Gasteiger partial charge in [0, 0.05) is 12.5 Å². The maximum atomic E-state index is 11.4. The molecule has 0 aliphatic carbocycles. The summed E-state index contributed by atoms with van der Waals surface area (Å²) >= 11 is 0. The summed E-state index contributed by atoms with van der Waals surface area (Å²) in [5.74, 6) is -0.874. The lowest BCUT2D eigenvalue weighted by Crippen LogP contribution is -2.33. The highest BCUT2D eigenvalue weighted by Gasteiger charge is 2.09. The zero-order chi connectivity index (χ0) is 13.4. The van der Waals surface area contributed by atoms with Gasteiger partial charge in [0.15, 0.2) is 0 Å². The minimum atomic E-state index is -0.874. The fourth-order valence-corrected chi connectivity index (χ4v) is 1.38. The molecule has 1 amide bonds. The first kappa shape index (κ1) is 14.0. The SMILES string of the molecule is C[C@@H](CCC(=O)O)NC(=O)OCc1ccccc1. The van der Waals surface area contributed by atoms with E-state index in [0.717, 1.165) is 5.56 Å². The van der Waals surface area contributed by atoms with E-state index in [4.69, 9.17) is 9.84 Å². The van der Waals surface area contributed by atoms with Crippen molar-refractivity contribution in [2.45, 2.75) is 32.4 Å². The van der Waals surface area contributed by atoms with Crippen molar-refractivity contribution in [3.8, 4) is 0 Å². The van der Waals surface area contributed by atoms with E-state index in [1.54, 1.807) is 6.92 Å². The third kappa shape index (κ3) is 5.89. The summed E-state index contributed by atoms with van der Waals surface area (Å²) in [6, 6.07) is 9.13. The summed E-state index contributed by atoms with van der Waals surface area (Å²) in [4.78, 5) is 21.7. The third-order valence-corrected chi connectivity index (χ3v) is 2.37. The van der Waals surface area contributed by atoms with E-state index in [-0.39, 0.29) is 19.1 Å². The lowest BCUT2D eigenvalue weighted by Gasteiger charge is -2.12. The van der Waals surface area contributed by atoms with E-state index >= 15 is 0 Å². The number of carbonyl (C=O) groups excluding carboxylic acids is 1. The first-order valence-electron chi connectivity index (χ1n) is 5.77. The predicted octanol–water partition coefficient (Wildman–Crippen LogP) is 2.17. The lowest BCUT2D eigenvalue weighted by atomic mass is 10.2. The van der Waals surface area contributed by atoms with E-state index < -0.39 is 12.1 Å². The van der Waals surface area contributed by atoms with Crippen molar-refractivity contribution in [1.82, 2.24) is 5.32 Å². The molecule has 0 saturated carbocycles. The van der Waals surface area contributed by atoms with Crippen LogP contribution in [0, 0.1) is 0 Å². The van der Waals surface area contributed by atoms with E-state index in [0.29, 0.717) is 6.42 Å². The monoisotopic (exact) mass is 251 g/mol. The second kappa shape index (κ2) is 7.32. The van der Waals surface area contributed by atoms with Crippen molar-refractivity contribution >= 4 is 12.1 Å². The number of aliphatic carboxylic acids is 1. The highest BCUT2D eigenvalue weighted by molar-refractivity contribution is 5.68. The fraction of sp³-hybridized carbons (Fsp3) is 0.385. The number of rotatable bonds is 6. The molecule has 1 atom stereocenters. The van der Waals surface area contributed by atoms with Gasteiger partial charge in [-0.25, -0.2) is 4.79 Å². The molecule has 1 aromatic rings. The number of amides is 1. The Morgan fingerprint density at radius 2 is 2.00 bits per heavy atom. The maximum absolute atomic E-state index is 11.4. The highest BCUT2D eigenvalue weighted by atomic mass is 16.5. The largest absolute Gasteiger partial charge is 0.481 e. The molecule has 0 spiro atoms. The van der Waals surface area contributed by atoms with Gasteiger partial charge in [-0.1, -0.05) is 30.3 Å². The van der Waals surface area contributed by atoms with Crippen LogP contribution in [0.1, 0.15) is 25.3 Å². The number of hydrogen-bond acceptors (Lipinski definition) is 3. The van der Waals surface area contributed by atoms with Crippen molar-refractivity contribution in [1.29, 1.82) is 0 Å². The van der Waals surface area contributed by atoms with Gasteiger partial charge in [0.1, 0.15) is 6.61 Å². The Hall–Kier alpha value is -2.04. The molecule has 1 aromatic carbocycles. The summed E-state index contributed by atoms with van der Waals surface area (Å²) in [5.41, 5.74) is 0.908. The predicted molar refractivity (Wildman–Crippen MR) is 66.1 cm³/mol. The van der Waals surface area contributed by atoms with E-state index in [9.17, 15) is 9.59 Å². The standard InChI is InChI=1S/C13H17NO4/c1-10(7-8-12(15)16)14-13(17)18-9-11-5-3-2-4-6-11/h2-6,10H,7-9H2,1H3,(H,14,17)(H,15,16)/t10-/m0/s1. The van der Waals surface area contributed by atoms with Gasteiger partial charge >= 0.3 is 12.1 Å². The van der Waals surface area contributed by atoms with Gasteiger partial charge in [0.25, 0.3) is 0 Å². The maximum Gasteiger partial charge on any atom is 0.407 e. The van der Waals surface area contributed by atoms with Crippen LogP contribution in [-0.2, 0) is 16.1 Å². The molecule has 5 nitrogen and oxygen atoms in total. The molecule has 0 radical (unpaired) electrons. The Morgan fingerprint density at radius 3 is 2.61 bits per heavy atom. The molecular formula is C13H17NO4. The number of carboxylic acids is 1. The van der Waals surface area contributed by atoms with Gasteiger partial charge < -0.3 is 15.2 Å². The molecular weight excluding hydrogens is 234 g/mol. The average Bonchev–Trinajstić information content (AvgIpc) is 2.35. The number of alkyl carbamates (subject to hydrolysis) is 1. The molecule has 18 heavy (non-hydrogen) atoms. The highest BCUT2D eigenvalue weighted by Crippen LogP contribution is 2.02. The van der Waals surface area contributed by atoms with Crippen molar-refractivity contribution in [3.63, 3.8) is 0 Å². The number of nitrogens with one attached hydrogen (secondary N) is 1. The molecule has 0 unspecified atom stereocenters. The lowest BCUT2D eigenvalue weighted by molar-refractivity contribution is -0.137. The average molecular weight is 251 g/mol. The summed E-state index contributed by atoms with van der Waals surface area (Å²) in [5, 5.41) is 11.1. The van der Waals surface area contributed by atoms with Gasteiger partial charge in [-0.3, -0.25) is 4.79 Å². The molecule has 0 saturated heterocycles. The summed E-state index contributed by atoms with van der Waals surface area (Å²) in [7, 11) is 0. The normalized spacial score (nSPS) is 11.6. The zero-order valence-corrected chi connectivity index (χ0v) is 10.3. The van der Waals surface area contributed by atoms with Gasteiger partial charge in [0.05, 0.1) is 0 Å². The molecule has 0 heterocycles. The Labute approximate surface area is 106 Å².